The van der Waals surface area contributed by atoms with Crippen LogP contribution in [0.2, 0.25) is 0 Å². The topological polar surface area (TPSA) is 27.7 Å². The molecule has 1 aromatic carbocycles. The zero-order chi connectivity index (χ0) is 14.5. The van der Waals surface area contributed by atoms with Crippen molar-refractivity contribution in [2.24, 2.45) is 5.92 Å². The molecule has 0 radical (unpaired) electrons. The lowest BCUT2D eigenvalue weighted by atomic mass is 9.90. The molecule has 0 fully saturated rings. The number of fused-ring (bicyclic) bond motifs is 1. The van der Waals surface area contributed by atoms with E-state index in [-0.39, 0.29) is 6.10 Å². The molecule has 2 unspecified atom stereocenters. The van der Waals surface area contributed by atoms with E-state index in [0.29, 0.717) is 11.8 Å². The molecule has 0 aliphatic carbocycles. The number of benzene rings is 1. The molecule has 0 N–H and O–H groups in total. The van der Waals surface area contributed by atoms with E-state index in [9.17, 15) is 0 Å². The zero-order valence-electron chi connectivity index (χ0n) is 12.4. The number of rotatable bonds is 5. The average Bonchev–Trinajstić information content (AvgIpc) is 2.67. The van der Waals surface area contributed by atoms with E-state index in [0.717, 1.165) is 37.4 Å². The van der Waals surface area contributed by atoms with E-state index < -0.39 is 0 Å². The summed E-state index contributed by atoms with van der Waals surface area (Å²) in [5.74, 6) is 2.60. The van der Waals surface area contributed by atoms with Gasteiger partial charge in [-0.05, 0) is 48.4 Å². The monoisotopic (exact) mass is 298 g/mol. The summed E-state index contributed by atoms with van der Waals surface area (Å²) in [7, 11) is 3.34. The van der Waals surface area contributed by atoms with Crippen LogP contribution in [0.3, 0.4) is 0 Å². The van der Waals surface area contributed by atoms with E-state index in [2.05, 4.69) is 19.1 Å². The SMILES string of the molecule is COc1cc2c(cc1OC)C(C(C)CCCl)OCCC2. The average molecular weight is 299 g/mol. The van der Waals surface area contributed by atoms with E-state index in [1.54, 1.807) is 14.2 Å². The molecule has 0 spiro atoms. The molecule has 1 aliphatic heterocycles. The van der Waals surface area contributed by atoms with Gasteiger partial charge in [-0.2, -0.15) is 0 Å². The van der Waals surface area contributed by atoms with Crippen molar-refractivity contribution in [3.63, 3.8) is 0 Å². The van der Waals surface area contributed by atoms with Crippen LogP contribution < -0.4 is 9.47 Å². The van der Waals surface area contributed by atoms with E-state index >= 15 is 0 Å². The largest absolute Gasteiger partial charge is 0.493 e. The maximum absolute atomic E-state index is 6.06. The summed E-state index contributed by atoms with van der Waals surface area (Å²) in [4.78, 5) is 0. The molecule has 0 aromatic heterocycles. The van der Waals surface area contributed by atoms with Crippen LogP contribution in [0.15, 0.2) is 12.1 Å². The first kappa shape index (κ1) is 15.5. The van der Waals surface area contributed by atoms with Crippen molar-refractivity contribution in [1.29, 1.82) is 0 Å². The third-order valence-electron chi connectivity index (χ3n) is 3.92. The van der Waals surface area contributed by atoms with Crippen LogP contribution in [0.4, 0.5) is 0 Å². The van der Waals surface area contributed by atoms with Crippen molar-refractivity contribution >= 4 is 11.6 Å². The molecule has 0 amide bonds. The molecule has 0 bridgehead atoms. The number of alkyl halides is 1. The standard InChI is InChI=1S/C16H23ClO3/c1-11(6-7-17)16-13-10-15(19-3)14(18-2)9-12(13)5-4-8-20-16/h9-11,16H,4-8H2,1-3H3. The fraction of sp³-hybridized carbons (Fsp3) is 0.625. The van der Waals surface area contributed by atoms with Crippen LogP contribution in [-0.2, 0) is 11.2 Å². The van der Waals surface area contributed by atoms with Crippen LogP contribution in [0, 0.1) is 5.92 Å². The van der Waals surface area contributed by atoms with Gasteiger partial charge in [0.25, 0.3) is 0 Å². The molecule has 1 aliphatic rings. The molecule has 3 nitrogen and oxygen atoms in total. The van der Waals surface area contributed by atoms with Gasteiger partial charge in [0.15, 0.2) is 11.5 Å². The fourth-order valence-corrected chi connectivity index (χ4v) is 3.12. The first-order chi connectivity index (χ1) is 9.71. The molecule has 4 heteroatoms. The smallest absolute Gasteiger partial charge is 0.161 e. The Hall–Kier alpha value is -0.930. The van der Waals surface area contributed by atoms with Crippen LogP contribution in [0.1, 0.15) is 37.0 Å². The molecule has 0 saturated heterocycles. The van der Waals surface area contributed by atoms with Crippen LogP contribution >= 0.6 is 11.6 Å². The van der Waals surface area contributed by atoms with Crippen molar-refractivity contribution < 1.29 is 14.2 Å². The maximum atomic E-state index is 6.06. The van der Waals surface area contributed by atoms with Crippen molar-refractivity contribution in [2.75, 3.05) is 26.7 Å². The van der Waals surface area contributed by atoms with Crippen molar-refractivity contribution in [2.45, 2.75) is 32.3 Å². The van der Waals surface area contributed by atoms with Crippen LogP contribution in [0.5, 0.6) is 11.5 Å². The molecular weight excluding hydrogens is 276 g/mol. The van der Waals surface area contributed by atoms with Gasteiger partial charge in [0.2, 0.25) is 0 Å². The summed E-state index contributed by atoms with van der Waals surface area (Å²) in [6.07, 6.45) is 3.08. The Kier molecular flexibility index (Phi) is 5.55. The highest BCUT2D eigenvalue weighted by Crippen LogP contribution is 2.39. The maximum Gasteiger partial charge on any atom is 0.161 e. The predicted octanol–water partition coefficient (Wildman–Crippen LogP) is 3.97. The van der Waals surface area contributed by atoms with Crippen molar-refractivity contribution in [3.8, 4) is 11.5 Å². The molecule has 20 heavy (non-hydrogen) atoms. The second kappa shape index (κ2) is 7.19. The molecule has 112 valence electrons. The number of hydrogen-bond acceptors (Lipinski definition) is 3. The highest BCUT2D eigenvalue weighted by molar-refractivity contribution is 6.17. The van der Waals surface area contributed by atoms with Gasteiger partial charge >= 0.3 is 0 Å². The number of ether oxygens (including phenoxy) is 3. The van der Waals surface area contributed by atoms with Gasteiger partial charge in [-0.3, -0.25) is 0 Å². The van der Waals surface area contributed by atoms with Gasteiger partial charge in [0, 0.05) is 12.5 Å². The minimum absolute atomic E-state index is 0.0889. The van der Waals surface area contributed by atoms with Gasteiger partial charge in [-0.1, -0.05) is 6.92 Å². The summed E-state index contributed by atoms with van der Waals surface area (Å²) in [6, 6.07) is 4.15. The summed E-state index contributed by atoms with van der Waals surface area (Å²) in [5.41, 5.74) is 2.52. The van der Waals surface area contributed by atoms with Crippen molar-refractivity contribution in [1.82, 2.24) is 0 Å². The van der Waals surface area contributed by atoms with Crippen LogP contribution in [0.25, 0.3) is 0 Å². The normalized spacial score (nSPS) is 19.9. The summed E-state index contributed by atoms with van der Waals surface area (Å²) < 4.78 is 16.9. The molecule has 2 rings (SSSR count). The predicted molar refractivity (Wildman–Crippen MR) is 81.1 cm³/mol. The first-order valence-corrected chi connectivity index (χ1v) is 7.67. The van der Waals surface area contributed by atoms with Gasteiger partial charge in [-0.15, -0.1) is 11.6 Å². The minimum atomic E-state index is 0.0889. The lowest BCUT2D eigenvalue weighted by molar-refractivity contribution is 0.0184. The minimum Gasteiger partial charge on any atom is -0.493 e. The number of hydrogen-bond donors (Lipinski definition) is 0. The fourth-order valence-electron chi connectivity index (χ4n) is 2.78. The molecule has 2 atom stereocenters. The number of aryl methyl sites for hydroxylation is 1. The van der Waals surface area contributed by atoms with Crippen LogP contribution in [-0.4, -0.2) is 26.7 Å². The first-order valence-electron chi connectivity index (χ1n) is 7.13. The Morgan fingerprint density at radius 2 is 2.00 bits per heavy atom. The molecule has 1 aromatic rings. The van der Waals surface area contributed by atoms with E-state index in [1.807, 2.05) is 0 Å². The van der Waals surface area contributed by atoms with Gasteiger partial charge in [0.05, 0.1) is 20.3 Å². The second-order valence-corrected chi connectivity index (χ2v) is 5.63. The Bertz CT molecular complexity index is 448. The summed E-state index contributed by atoms with van der Waals surface area (Å²) >= 11 is 5.89. The number of methoxy groups -OCH3 is 2. The molecule has 0 saturated carbocycles. The lowest BCUT2D eigenvalue weighted by Crippen LogP contribution is -2.15. The second-order valence-electron chi connectivity index (χ2n) is 5.26. The Labute approximate surface area is 126 Å². The Balaban J connectivity index is 2.41. The van der Waals surface area contributed by atoms with Gasteiger partial charge in [-0.25, -0.2) is 0 Å². The Morgan fingerprint density at radius 1 is 1.30 bits per heavy atom. The van der Waals surface area contributed by atoms with Gasteiger partial charge in [0.1, 0.15) is 0 Å². The molecule has 1 heterocycles. The third-order valence-corrected chi connectivity index (χ3v) is 4.14. The third kappa shape index (κ3) is 3.21. The highest BCUT2D eigenvalue weighted by atomic mass is 35.5. The van der Waals surface area contributed by atoms with Crippen molar-refractivity contribution in [3.05, 3.63) is 23.3 Å². The number of halogens is 1. The summed E-state index contributed by atoms with van der Waals surface area (Å²) in [5, 5.41) is 0. The molecular formula is C16H23ClO3. The van der Waals surface area contributed by atoms with E-state index in [4.69, 9.17) is 25.8 Å². The zero-order valence-corrected chi connectivity index (χ0v) is 13.2. The summed E-state index contributed by atoms with van der Waals surface area (Å²) in [6.45, 7) is 2.98. The quantitative estimate of drug-likeness (QED) is 0.770. The lowest BCUT2D eigenvalue weighted by Gasteiger charge is -2.25. The van der Waals surface area contributed by atoms with Gasteiger partial charge < -0.3 is 14.2 Å². The highest BCUT2D eigenvalue weighted by Gasteiger charge is 2.26. The van der Waals surface area contributed by atoms with E-state index in [1.165, 1.54) is 11.1 Å². The Morgan fingerprint density at radius 3 is 2.65 bits per heavy atom.